The molecule has 2 N–H and O–H groups in total. The van der Waals surface area contributed by atoms with Crippen LogP contribution in [0.2, 0.25) is 0 Å². The fourth-order valence-corrected chi connectivity index (χ4v) is 2.56. The van der Waals surface area contributed by atoms with Gasteiger partial charge in [0.15, 0.2) is 0 Å². The molecule has 3 rings (SSSR count). The second-order valence-corrected chi connectivity index (χ2v) is 6.15. The van der Waals surface area contributed by atoms with Crippen molar-refractivity contribution in [2.75, 3.05) is 19.6 Å². The SMILES string of the molecule is NCC#Cc1ccccc1C(=O)N(CC1CC1)CC1CC1. The summed E-state index contributed by atoms with van der Waals surface area (Å²) < 4.78 is 0. The molecule has 1 amide bonds. The first-order valence-corrected chi connectivity index (χ1v) is 7.85. The molecule has 2 aliphatic carbocycles. The Hall–Kier alpha value is -1.79. The van der Waals surface area contributed by atoms with Crippen LogP contribution in [0, 0.1) is 23.7 Å². The van der Waals surface area contributed by atoms with Gasteiger partial charge in [0.1, 0.15) is 0 Å². The van der Waals surface area contributed by atoms with Gasteiger partial charge < -0.3 is 10.6 Å². The van der Waals surface area contributed by atoms with Crippen molar-refractivity contribution in [3.8, 4) is 11.8 Å². The standard InChI is InChI=1S/C18H22N2O/c19-11-3-5-16-4-1-2-6-17(16)18(21)20(12-14-7-8-14)13-15-9-10-15/h1-2,4,6,14-15H,7-13,19H2. The number of benzene rings is 1. The van der Waals surface area contributed by atoms with E-state index in [4.69, 9.17) is 5.73 Å². The first-order valence-electron chi connectivity index (χ1n) is 7.85. The van der Waals surface area contributed by atoms with Crippen molar-refractivity contribution in [1.29, 1.82) is 0 Å². The highest BCUT2D eigenvalue weighted by atomic mass is 16.2. The highest BCUT2D eigenvalue weighted by Crippen LogP contribution is 2.34. The quantitative estimate of drug-likeness (QED) is 0.842. The predicted molar refractivity (Wildman–Crippen MR) is 83.7 cm³/mol. The van der Waals surface area contributed by atoms with Crippen molar-refractivity contribution in [3.63, 3.8) is 0 Å². The van der Waals surface area contributed by atoms with Gasteiger partial charge in [0, 0.05) is 18.7 Å². The zero-order valence-corrected chi connectivity index (χ0v) is 12.3. The van der Waals surface area contributed by atoms with Gasteiger partial charge in [-0.3, -0.25) is 4.79 Å². The smallest absolute Gasteiger partial charge is 0.255 e. The van der Waals surface area contributed by atoms with Crippen molar-refractivity contribution in [3.05, 3.63) is 35.4 Å². The van der Waals surface area contributed by atoms with Gasteiger partial charge in [0.25, 0.3) is 5.91 Å². The van der Waals surface area contributed by atoms with Gasteiger partial charge in [-0.1, -0.05) is 24.0 Å². The minimum atomic E-state index is 0.135. The van der Waals surface area contributed by atoms with Crippen LogP contribution in [0.15, 0.2) is 24.3 Å². The van der Waals surface area contributed by atoms with Crippen LogP contribution in [0.5, 0.6) is 0 Å². The second kappa shape index (κ2) is 6.32. The first-order chi connectivity index (χ1) is 10.3. The first kappa shape index (κ1) is 14.2. The van der Waals surface area contributed by atoms with E-state index >= 15 is 0 Å². The summed E-state index contributed by atoms with van der Waals surface area (Å²) in [5.74, 6) is 7.45. The number of nitrogens with two attached hydrogens (primary N) is 1. The molecule has 1 aromatic carbocycles. The van der Waals surface area contributed by atoms with E-state index in [0.717, 1.165) is 36.1 Å². The monoisotopic (exact) mass is 282 g/mol. The molecule has 3 nitrogen and oxygen atoms in total. The lowest BCUT2D eigenvalue weighted by Gasteiger charge is -2.23. The number of carbonyl (C=O) groups is 1. The Morgan fingerprint density at radius 3 is 2.33 bits per heavy atom. The summed E-state index contributed by atoms with van der Waals surface area (Å²) in [5, 5.41) is 0. The van der Waals surface area contributed by atoms with Crippen LogP contribution in [-0.2, 0) is 0 Å². The molecule has 2 fully saturated rings. The Morgan fingerprint density at radius 2 is 1.76 bits per heavy atom. The Labute approximate surface area is 126 Å². The summed E-state index contributed by atoms with van der Waals surface area (Å²) in [6.07, 6.45) is 5.07. The molecule has 0 aromatic heterocycles. The molecule has 0 unspecified atom stereocenters. The fraction of sp³-hybridized carbons (Fsp3) is 0.500. The van der Waals surface area contributed by atoms with Crippen LogP contribution in [0.1, 0.15) is 41.6 Å². The van der Waals surface area contributed by atoms with Crippen molar-refractivity contribution < 1.29 is 4.79 Å². The van der Waals surface area contributed by atoms with E-state index in [1.165, 1.54) is 25.7 Å². The van der Waals surface area contributed by atoms with E-state index < -0.39 is 0 Å². The predicted octanol–water partition coefficient (Wildman–Crippen LogP) is 2.26. The highest BCUT2D eigenvalue weighted by molar-refractivity contribution is 5.96. The molecule has 0 atom stereocenters. The molecule has 2 saturated carbocycles. The van der Waals surface area contributed by atoms with E-state index in [1.807, 2.05) is 24.3 Å². The lowest BCUT2D eigenvalue weighted by molar-refractivity contribution is 0.0739. The maximum Gasteiger partial charge on any atom is 0.255 e. The van der Waals surface area contributed by atoms with E-state index in [2.05, 4.69) is 16.7 Å². The number of amides is 1. The number of rotatable bonds is 5. The third-order valence-corrected chi connectivity index (χ3v) is 4.12. The molecule has 21 heavy (non-hydrogen) atoms. The summed E-state index contributed by atoms with van der Waals surface area (Å²) >= 11 is 0. The molecule has 0 heterocycles. The molecule has 0 spiro atoms. The van der Waals surface area contributed by atoms with Crippen LogP contribution in [0.3, 0.4) is 0 Å². The molecule has 0 aliphatic heterocycles. The minimum Gasteiger partial charge on any atom is -0.338 e. The normalized spacial score (nSPS) is 17.0. The van der Waals surface area contributed by atoms with E-state index in [-0.39, 0.29) is 5.91 Å². The molecule has 0 saturated heterocycles. The molecule has 0 bridgehead atoms. The third kappa shape index (κ3) is 3.86. The van der Waals surface area contributed by atoms with Crippen LogP contribution in [-0.4, -0.2) is 30.4 Å². The van der Waals surface area contributed by atoms with Gasteiger partial charge in [0.05, 0.1) is 12.1 Å². The van der Waals surface area contributed by atoms with Crippen LogP contribution in [0.25, 0.3) is 0 Å². The lowest BCUT2D eigenvalue weighted by atomic mass is 10.1. The second-order valence-electron chi connectivity index (χ2n) is 6.15. The van der Waals surface area contributed by atoms with Gasteiger partial charge in [0.2, 0.25) is 0 Å². The lowest BCUT2D eigenvalue weighted by Crippen LogP contribution is -2.35. The molecule has 110 valence electrons. The number of nitrogens with zero attached hydrogens (tertiary/aromatic N) is 1. The van der Waals surface area contributed by atoms with Crippen molar-refractivity contribution in [1.82, 2.24) is 4.90 Å². The summed E-state index contributed by atoms with van der Waals surface area (Å²) in [6, 6.07) is 7.62. The topological polar surface area (TPSA) is 46.3 Å². The van der Waals surface area contributed by atoms with E-state index in [0.29, 0.717) is 6.54 Å². The van der Waals surface area contributed by atoms with Gasteiger partial charge in [-0.25, -0.2) is 0 Å². The number of carbonyl (C=O) groups excluding carboxylic acids is 1. The summed E-state index contributed by atoms with van der Waals surface area (Å²) in [5.41, 5.74) is 6.96. The minimum absolute atomic E-state index is 0.135. The Balaban J connectivity index is 1.80. The van der Waals surface area contributed by atoms with Crippen LogP contribution >= 0.6 is 0 Å². The maximum absolute atomic E-state index is 12.9. The average Bonchev–Trinajstić information content (AvgIpc) is 3.39. The van der Waals surface area contributed by atoms with Gasteiger partial charge >= 0.3 is 0 Å². The molecular weight excluding hydrogens is 260 g/mol. The fourth-order valence-electron chi connectivity index (χ4n) is 2.56. The Kier molecular flexibility index (Phi) is 4.26. The van der Waals surface area contributed by atoms with Gasteiger partial charge in [-0.05, 0) is 49.7 Å². The largest absolute Gasteiger partial charge is 0.338 e. The molecule has 2 aliphatic rings. The van der Waals surface area contributed by atoms with E-state index in [9.17, 15) is 4.79 Å². The van der Waals surface area contributed by atoms with Crippen molar-refractivity contribution in [2.24, 2.45) is 17.6 Å². The zero-order chi connectivity index (χ0) is 14.7. The number of hydrogen-bond donors (Lipinski definition) is 1. The third-order valence-electron chi connectivity index (χ3n) is 4.12. The summed E-state index contributed by atoms with van der Waals surface area (Å²) in [4.78, 5) is 14.9. The van der Waals surface area contributed by atoms with Crippen LogP contribution < -0.4 is 5.73 Å². The molecular formula is C18H22N2O. The summed E-state index contributed by atoms with van der Waals surface area (Å²) in [7, 11) is 0. The highest BCUT2D eigenvalue weighted by Gasteiger charge is 2.32. The van der Waals surface area contributed by atoms with Crippen molar-refractivity contribution >= 4 is 5.91 Å². The average molecular weight is 282 g/mol. The molecule has 1 aromatic rings. The van der Waals surface area contributed by atoms with Crippen LogP contribution in [0.4, 0.5) is 0 Å². The molecule has 3 heteroatoms. The van der Waals surface area contributed by atoms with Gasteiger partial charge in [-0.15, -0.1) is 0 Å². The maximum atomic E-state index is 12.9. The Bertz CT molecular complexity index is 562. The van der Waals surface area contributed by atoms with E-state index in [1.54, 1.807) is 0 Å². The summed E-state index contributed by atoms with van der Waals surface area (Å²) in [6.45, 7) is 2.14. The van der Waals surface area contributed by atoms with Gasteiger partial charge in [-0.2, -0.15) is 0 Å². The molecule has 0 radical (unpaired) electrons. The Morgan fingerprint density at radius 1 is 1.14 bits per heavy atom. The zero-order valence-electron chi connectivity index (χ0n) is 12.3. The number of hydrogen-bond acceptors (Lipinski definition) is 2. The van der Waals surface area contributed by atoms with Crippen molar-refractivity contribution in [2.45, 2.75) is 25.7 Å².